The molecule has 37 heavy (non-hydrogen) atoms. The summed E-state index contributed by atoms with van der Waals surface area (Å²) in [7, 11) is -2.36. The molecule has 0 spiro atoms. The molecule has 0 bridgehead atoms. The molecule has 2 aromatic carbocycles. The molecule has 2 fully saturated rings. The van der Waals surface area contributed by atoms with Crippen molar-refractivity contribution in [3.05, 3.63) is 42.5 Å². The summed E-state index contributed by atoms with van der Waals surface area (Å²) in [5.74, 6) is -3.33. The van der Waals surface area contributed by atoms with Crippen molar-refractivity contribution in [1.29, 1.82) is 5.41 Å². The number of fused-ring (bicyclic) bond motifs is 1. The molecule has 0 aromatic heterocycles. The third kappa shape index (κ3) is 5.42. The Labute approximate surface area is 216 Å². The highest BCUT2D eigenvalue weighted by molar-refractivity contribution is 7.89. The van der Waals surface area contributed by atoms with Crippen LogP contribution < -0.4 is 21.5 Å². The van der Waals surface area contributed by atoms with Crippen LogP contribution in [-0.2, 0) is 19.6 Å². The number of piperidine rings is 1. The van der Waals surface area contributed by atoms with Gasteiger partial charge in [0.05, 0.1) is 28.3 Å². The van der Waals surface area contributed by atoms with E-state index in [0.29, 0.717) is 6.54 Å². The number of guanidine groups is 1. The van der Waals surface area contributed by atoms with Gasteiger partial charge in [-0.25, -0.2) is 18.1 Å². The van der Waals surface area contributed by atoms with Crippen molar-refractivity contribution in [2.75, 3.05) is 20.1 Å². The maximum atomic E-state index is 13.5. The second-order valence-electron chi connectivity index (χ2n) is 9.80. The monoisotopic (exact) mass is 527 g/mol. The van der Waals surface area contributed by atoms with Crippen LogP contribution in [0.1, 0.15) is 19.8 Å². The number of nitrogens with two attached hydrogens (primary N) is 2. The standard InChI is InChI=1S/C25H33N7O4S/c1-15(31-37(35,36)19-10-9-16-6-3-4-7-17(16)12-19)22(33)20-21(25(20,28)14-30-24(26)27)23(34)32(2)18-8-5-11-29-13-18/h3-4,6-7,9-10,12,14-15,18,20-21,29,31H,5,8,11,13,28H2,1-2H3,(H3,26,27)/t15-,18?,20?,21-,25?/m1/s1. The maximum absolute atomic E-state index is 13.5. The highest BCUT2D eigenvalue weighted by Crippen LogP contribution is 2.50. The lowest BCUT2D eigenvalue weighted by atomic mass is 10.0. The second-order valence-corrected chi connectivity index (χ2v) is 11.5. The average molecular weight is 528 g/mol. The fraction of sp³-hybridized carbons (Fsp3) is 0.440. The van der Waals surface area contributed by atoms with Gasteiger partial charge >= 0.3 is 0 Å². The molecule has 11 nitrogen and oxygen atoms in total. The number of amides is 1. The molecule has 1 amide bonds. The molecule has 5 atom stereocenters. The first-order valence-electron chi connectivity index (χ1n) is 12.2. The van der Waals surface area contributed by atoms with E-state index in [-0.39, 0.29) is 16.8 Å². The van der Waals surface area contributed by atoms with Gasteiger partial charge < -0.3 is 21.7 Å². The Balaban J connectivity index is 1.54. The Bertz CT molecular complexity index is 1360. The van der Waals surface area contributed by atoms with E-state index in [9.17, 15) is 18.0 Å². The van der Waals surface area contributed by atoms with E-state index >= 15 is 0 Å². The lowest BCUT2D eigenvalue weighted by Gasteiger charge is -2.32. The maximum Gasteiger partial charge on any atom is 0.241 e. The molecule has 7 N–H and O–H groups in total. The van der Waals surface area contributed by atoms with Crippen LogP contribution in [0.2, 0.25) is 0 Å². The first kappa shape index (κ1) is 26.9. The van der Waals surface area contributed by atoms with Crippen LogP contribution in [-0.4, -0.2) is 74.9 Å². The van der Waals surface area contributed by atoms with E-state index in [4.69, 9.17) is 16.9 Å². The van der Waals surface area contributed by atoms with Crippen molar-refractivity contribution >= 4 is 44.7 Å². The summed E-state index contributed by atoms with van der Waals surface area (Å²) in [6.07, 6.45) is 2.90. The number of sulfonamides is 1. The van der Waals surface area contributed by atoms with Crippen molar-refractivity contribution < 1.29 is 18.0 Å². The van der Waals surface area contributed by atoms with Gasteiger partial charge in [0.1, 0.15) is 0 Å². The summed E-state index contributed by atoms with van der Waals surface area (Å²) < 4.78 is 28.6. The van der Waals surface area contributed by atoms with Crippen molar-refractivity contribution in [3.8, 4) is 0 Å². The van der Waals surface area contributed by atoms with E-state index in [2.05, 4.69) is 15.0 Å². The van der Waals surface area contributed by atoms with Crippen LogP contribution in [0.5, 0.6) is 0 Å². The number of hydrogen-bond acceptors (Lipinski definition) is 7. The third-order valence-corrected chi connectivity index (χ3v) is 8.80. The Morgan fingerprint density at radius 2 is 1.95 bits per heavy atom. The number of hydrogen-bond donors (Lipinski definition) is 5. The topological polar surface area (TPSA) is 184 Å². The zero-order chi connectivity index (χ0) is 27.0. The molecular formula is C25H33N7O4S. The fourth-order valence-electron chi connectivity index (χ4n) is 5.06. The van der Waals surface area contributed by atoms with Crippen LogP contribution in [0.4, 0.5) is 0 Å². The summed E-state index contributed by atoms with van der Waals surface area (Å²) in [4.78, 5) is 32.2. The van der Waals surface area contributed by atoms with E-state index in [0.717, 1.165) is 36.4 Å². The minimum atomic E-state index is -4.04. The molecule has 4 rings (SSSR count). The average Bonchev–Trinajstić information content (AvgIpc) is 3.51. The first-order chi connectivity index (χ1) is 17.5. The fourth-order valence-corrected chi connectivity index (χ4v) is 6.31. The summed E-state index contributed by atoms with van der Waals surface area (Å²) in [5.41, 5.74) is 10.3. The number of rotatable bonds is 8. The van der Waals surface area contributed by atoms with E-state index in [1.165, 1.54) is 19.1 Å². The van der Waals surface area contributed by atoms with Gasteiger partial charge in [0.2, 0.25) is 21.9 Å². The second kappa shape index (κ2) is 10.3. The molecule has 12 heteroatoms. The quantitative estimate of drug-likeness (QED) is 0.240. The smallest absolute Gasteiger partial charge is 0.241 e. The highest BCUT2D eigenvalue weighted by atomic mass is 32.2. The molecule has 1 aliphatic heterocycles. The van der Waals surface area contributed by atoms with Gasteiger partial charge in [0.25, 0.3) is 0 Å². The molecule has 0 radical (unpaired) electrons. The van der Waals surface area contributed by atoms with Gasteiger partial charge in [-0.3, -0.25) is 15.0 Å². The van der Waals surface area contributed by atoms with Gasteiger partial charge in [-0.05, 0) is 49.2 Å². The number of nitrogens with zero attached hydrogens (tertiary/aromatic N) is 2. The number of benzene rings is 2. The van der Waals surface area contributed by atoms with Gasteiger partial charge in [-0.1, -0.05) is 30.3 Å². The van der Waals surface area contributed by atoms with Gasteiger partial charge in [0.15, 0.2) is 5.78 Å². The molecular weight excluding hydrogens is 494 g/mol. The molecule has 1 saturated heterocycles. The predicted molar refractivity (Wildman–Crippen MR) is 142 cm³/mol. The number of carbonyl (C=O) groups excluding carboxylic acids is 2. The highest BCUT2D eigenvalue weighted by Gasteiger charge is 2.69. The minimum Gasteiger partial charge on any atom is -0.368 e. The van der Waals surface area contributed by atoms with E-state index < -0.39 is 45.2 Å². The van der Waals surface area contributed by atoms with Crippen molar-refractivity contribution in [2.24, 2.45) is 28.3 Å². The Kier molecular flexibility index (Phi) is 7.47. The minimum absolute atomic E-state index is 0.0240. The normalized spacial score (nSPS) is 26.6. The largest absolute Gasteiger partial charge is 0.368 e. The van der Waals surface area contributed by atoms with Crippen LogP contribution >= 0.6 is 0 Å². The SMILES string of the molecule is C[C@@H](NS(=O)(=O)c1ccc2ccccc2c1)C(=O)C1[C@H](C(=O)N(C)C2CCCNC2)C1(N)C=NC(=N)N. The van der Waals surface area contributed by atoms with Crippen molar-refractivity contribution in [1.82, 2.24) is 14.9 Å². The lowest BCUT2D eigenvalue weighted by molar-refractivity contribution is -0.135. The number of ketones is 1. The number of carbonyl (C=O) groups is 2. The zero-order valence-electron chi connectivity index (χ0n) is 20.8. The molecule has 3 unspecified atom stereocenters. The molecule has 1 heterocycles. The third-order valence-electron chi connectivity index (χ3n) is 7.26. The van der Waals surface area contributed by atoms with Crippen LogP contribution in [0.25, 0.3) is 10.8 Å². The zero-order valence-corrected chi connectivity index (χ0v) is 21.7. The Hall–Kier alpha value is -3.19. The molecule has 1 aliphatic carbocycles. The number of nitrogens with one attached hydrogen (secondary N) is 3. The summed E-state index contributed by atoms with van der Waals surface area (Å²) in [6.45, 7) is 2.94. The Morgan fingerprint density at radius 1 is 1.24 bits per heavy atom. The van der Waals surface area contributed by atoms with Crippen molar-refractivity contribution in [2.45, 2.75) is 42.3 Å². The molecule has 2 aliphatic rings. The van der Waals surface area contributed by atoms with Crippen LogP contribution in [0, 0.1) is 17.2 Å². The molecule has 1 saturated carbocycles. The van der Waals surface area contributed by atoms with Crippen molar-refractivity contribution in [3.63, 3.8) is 0 Å². The van der Waals surface area contributed by atoms with E-state index in [1.807, 2.05) is 18.2 Å². The van der Waals surface area contributed by atoms with Gasteiger partial charge in [-0.15, -0.1) is 0 Å². The summed E-state index contributed by atoms with van der Waals surface area (Å²) in [5, 5.41) is 12.3. The van der Waals surface area contributed by atoms with Crippen LogP contribution in [0.15, 0.2) is 52.4 Å². The number of aliphatic imine (C=N–C) groups is 1. The lowest BCUT2D eigenvalue weighted by Crippen LogP contribution is -2.48. The van der Waals surface area contributed by atoms with Gasteiger partial charge in [0, 0.05) is 25.8 Å². The van der Waals surface area contributed by atoms with E-state index in [1.54, 1.807) is 24.1 Å². The molecule has 198 valence electrons. The number of Topliss-reactive ketones (excluding diaryl/α,β-unsaturated/α-hetero) is 1. The van der Waals surface area contributed by atoms with Crippen LogP contribution in [0.3, 0.4) is 0 Å². The predicted octanol–water partition coefficient (Wildman–Crippen LogP) is 0.194. The number of likely N-dealkylation sites (N-methyl/N-ethyl adjacent to an activating group) is 1. The molecule has 2 aromatic rings. The summed E-state index contributed by atoms with van der Waals surface area (Å²) in [6, 6.07) is 10.9. The summed E-state index contributed by atoms with van der Waals surface area (Å²) >= 11 is 0. The Morgan fingerprint density at radius 3 is 2.59 bits per heavy atom. The van der Waals surface area contributed by atoms with Gasteiger partial charge in [-0.2, -0.15) is 0 Å². The first-order valence-corrected chi connectivity index (χ1v) is 13.6.